The highest BCUT2D eigenvalue weighted by Crippen LogP contribution is 2.29. The molecular formula is C17H21N3O5. The first-order valence-corrected chi connectivity index (χ1v) is 8.10. The summed E-state index contributed by atoms with van der Waals surface area (Å²) < 4.78 is 15.7. The van der Waals surface area contributed by atoms with Gasteiger partial charge >= 0.3 is 5.97 Å². The SMILES string of the molecule is COC(=O)c1cc(C2OCCO2)cnc1C1=NC(C)(C(C)C)C(=O)N1. The summed E-state index contributed by atoms with van der Waals surface area (Å²) in [6, 6.07) is 1.60. The van der Waals surface area contributed by atoms with Gasteiger partial charge in [0.1, 0.15) is 11.2 Å². The van der Waals surface area contributed by atoms with E-state index in [1.165, 1.54) is 7.11 Å². The molecule has 3 rings (SSSR count). The van der Waals surface area contributed by atoms with Crippen LogP contribution < -0.4 is 5.32 Å². The van der Waals surface area contributed by atoms with E-state index in [0.717, 1.165) is 0 Å². The number of aromatic nitrogens is 1. The maximum Gasteiger partial charge on any atom is 0.340 e. The first kappa shape index (κ1) is 17.5. The van der Waals surface area contributed by atoms with Crippen LogP contribution >= 0.6 is 0 Å². The number of esters is 1. The van der Waals surface area contributed by atoms with Crippen molar-refractivity contribution in [3.63, 3.8) is 0 Å². The molecule has 0 bridgehead atoms. The average molecular weight is 347 g/mol. The van der Waals surface area contributed by atoms with Gasteiger partial charge in [0.25, 0.3) is 5.91 Å². The molecule has 134 valence electrons. The second kappa shape index (κ2) is 6.53. The van der Waals surface area contributed by atoms with Gasteiger partial charge < -0.3 is 19.5 Å². The van der Waals surface area contributed by atoms with Gasteiger partial charge in [0.15, 0.2) is 12.1 Å². The fraction of sp³-hybridized carbons (Fsp3) is 0.529. The van der Waals surface area contributed by atoms with Crippen molar-refractivity contribution in [2.24, 2.45) is 10.9 Å². The molecule has 8 heteroatoms. The fourth-order valence-corrected chi connectivity index (χ4v) is 2.66. The summed E-state index contributed by atoms with van der Waals surface area (Å²) in [7, 11) is 1.29. The number of methoxy groups -OCH3 is 1. The van der Waals surface area contributed by atoms with Crippen molar-refractivity contribution in [1.29, 1.82) is 0 Å². The number of hydrogen-bond donors (Lipinski definition) is 1. The highest BCUT2D eigenvalue weighted by atomic mass is 16.7. The smallest absolute Gasteiger partial charge is 0.340 e. The number of ether oxygens (including phenoxy) is 3. The molecule has 2 aliphatic heterocycles. The van der Waals surface area contributed by atoms with Crippen LogP contribution in [0.25, 0.3) is 0 Å². The van der Waals surface area contributed by atoms with Crippen LogP contribution in [0.4, 0.5) is 0 Å². The number of hydrogen-bond acceptors (Lipinski definition) is 7. The molecule has 25 heavy (non-hydrogen) atoms. The molecule has 1 aromatic heterocycles. The normalized spacial score (nSPS) is 23.7. The van der Waals surface area contributed by atoms with Gasteiger partial charge in [0.2, 0.25) is 0 Å². The summed E-state index contributed by atoms with van der Waals surface area (Å²) in [4.78, 5) is 33.4. The number of nitrogens with zero attached hydrogens (tertiary/aromatic N) is 2. The highest BCUT2D eigenvalue weighted by molar-refractivity contribution is 6.17. The fourth-order valence-electron chi connectivity index (χ4n) is 2.66. The molecule has 8 nitrogen and oxygen atoms in total. The molecule has 1 fully saturated rings. The third-order valence-electron chi connectivity index (χ3n) is 4.59. The molecule has 0 saturated carbocycles. The lowest BCUT2D eigenvalue weighted by atomic mass is 9.89. The van der Waals surface area contributed by atoms with Crippen molar-refractivity contribution in [1.82, 2.24) is 10.3 Å². The molecule has 1 aromatic rings. The summed E-state index contributed by atoms with van der Waals surface area (Å²) in [5.74, 6) is -0.536. The lowest BCUT2D eigenvalue weighted by Crippen LogP contribution is -2.41. The number of amides is 1. The maximum atomic E-state index is 12.3. The van der Waals surface area contributed by atoms with Gasteiger partial charge in [0, 0.05) is 11.8 Å². The lowest BCUT2D eigenvalue weighted by Gasteiger charge is -2.21. The van der Waals surface area contributed by atoms with E-state index >= 15 is 0 Å². The topological polar surface area (TPSA) is 99.1 Å². The molecule has 1 amide bonds. The number of aliphatic imine (C=N–C) groups is 1. The minimum atomic E-state index is -0.902. The van der Waals surface area contributed by atoms with Crippen LogP contribution in [0.1, 0.15) is 48.7 Å². The summed E-state index contributed by atoms with van der Waals surface area (Å²) in [5, 5.41) is 2.73. The van der Waals surface area contributed by atoms with Gasteiger partial charge in [0.05, 0.1) is 25.9 Å². The third kappa shape index (κ3) is 3.03. The van der Waals surface area contributed by atoms with Crippen molar-refractivity contribution < 1.29 is 23.8 Å². The molecular weight excluding hydrogens is 326 g/mol. The maximum absolute atomic E-state index is 12.3. The van der Waals surface area contributed by atoms with Crippen LogP contribution in [0.5, 0.6) is 0 Å². The van der Waals surface area contributed by atoms with Crippen molar-refractivity contribution in [2.75, 3.05) is 20.3 Å². The minimum absolute atomic E-state index is 0.00820. The zero-order chi connectivity index (χ0) is 18.2. The van der Waals surface area contributed by atoms with Gasteiger partial charge in [-0.25, -0.2) is 9.79 Å². The largest absolute Gasteiger partial charge is 0.465 e. The molecule has 1 saturated heterocycles. The quantitative estimate of drug-likeness (QED) is 0.822. The van der Waals surface area contributed by atoms with Crippen LogP contribution in [-0.4, -0.2) is 48.6 Å². The number of rotatable bonds is 4. The van der Waals surface area contributed by atoms with Crippen molar-refractivity contribution in [3.8, 4) is 0 Å². The van der Waals surface area contributed by atoms with E-state index in [4.69, 9.17) is 14.2 Å². The van der Waals surface area contributed by atoms with Gasteiger partial charge in [-0.3, -0.25) is 9.78 Å². The summed E-state index contributed by atoms with van der Waals surface area (Å²) in [6.45, 7) is 6.55. The van der Waals surface area contributed by atoms with E-state index in [1.54, 1.807) is 19.2 Å². The van der Waals surface area contributed by atoms with Crippen molar-refractivity contribution in [2.45, 2.75) is 32.6 Å². The first-order chi connectivity index (χ1) is 11.9. The van der Waals surface area contributed by atoms with E-state index in [9.17, 15) is 9.59 Å². The molecule has 0 aliphatic carbocycles. The van der Waals surface area contributed by atoms with Crippen LogP contribution in [0.3, 0.4) is 0 Å². The molecule has 0 aromatic carbocycles. The Morgan fingerprint density at radius 3 is 2.64 bits per heavy atom. The Balaban J connectivity index is 2.04. The molecule has 3 heterocycles. The Hall–Kier alpha value is -2.32. The second-order valence-electron chi connectivity index (χ2n) is 6.45. The van der Waals surface area contributed by atoms with Crippen molar-refractivity contribution in [3.05, 3.63) is 29.1 Å². The number of carbonyl (C=O) groups is 2. The highest BCUT2D eigenvalue weighted by Gasteiger charge is 2.43. The van der Waals surface area contributed by atoms with E-state index in [2.05, 4.69) is 15.3 Å². The molecule has 0 spiro atoms. The number of amidine groups is 1. The van der Waals surface area contributed by atoms with Crippen LogP contribution in [0.15, 0.2) is 17.3 Å². The zero-order valence-electron chi connectivity index (χ0n) is 14.7. The van der Waals surface area contributed by atoms with E-state index < -0.39 is 17.8 Å². The predicted molar refractivity (Wildman–Crippen MR) is 88.1 cm³/mol. The Morgan fingerprint density at radius 2 is 2.08 bits per heavy atom. The summed E-state index contributed by atoms with van der Waals surface area (Å²) >= 11 is 0. The Labute approximate surface area is 145 Å². The van der Waals surface area contributed by atoms with Gasteiger partial charge in [-0.2, -0.15) is 0 Å². The van der Waals surface area contributed by atoms with Crippen LogP contribution in [0, 0.1) is 5.92 Å². The molecule has 1 N–H and O–H groups in total. The minimum Gasteiger partial charge on any atom is -0.465 e. The standard InChI is InChI=1S/C17H21N3O5/c1-9(2)17(3)16(22)19-13(20-17)12-11(14(21)23-4)7-10(8-18-12)15-24-5-6-25-15/h7-9,15H,5-6H2,1-4H3,(H,19,20,22). The third-order valence-corrected chi connectivity index (χ3v) is 4.59. The monoisotopic (exact) mass is 347 g/mol. The summed E-state index contributed by atoms with van der Waals surface area (Å²) in [6.07, 6.45) is 0.989. The van der Waals surface area contributed by atoms with Crippen molar-refractivity contribution >= 4 is 17.7 Å². The van der Waals surface area contributed by atoms with Gasteiger partial charge in [-0.15, -0.1) is 0 Å². The molecule has 0 radical (unpaired) electrons. The zero-order valence-corrected chi connectivity index (χ0v) is 14.7. The second-order valence-corrected chi connectivity index (χ2v) is 6.45. The van der Waals surface area contributed by atoms with Crippen LogP contribution in [-0.2, 0) is 19.0 Å². The lowest BCUT2D eigenvalue weighted by molar-refractivity contribution is -0.124. The Morgan fingerprint density at radius 1 is 1.40 bits per heavy atom. The number of pyridine rings is 1. The first-order valence-electron chi connectivity index (χ1n) is 8.10. The van der Waals surface area contributed by atoms with Gasteiger partial charge in [-0.05, 0) is 18.9 Å². The molecule has 2 aliphatic rings. The summed E-state index contributed by atoms with van der Waals surface area (Å²) in [5.41, 5.74) is 0.177. The van der Waals surface area contributed by atoms with Gasteiger partial charge in [-0.1, -0.05) is 13.8 Å². The molecule has 1 atom stereocenters. The van der Waals surface area contributed by atoms with E-state index in [0.29, 0.717) is 18.8 Å². The average Bonchev–Trinajstić information content (AvgIpc) is 3.23. The number of nitrogens with one attached hydrogen (secondary N) is 1. The van der Waals surface area contributed by atoms with Crippen LogP contribution in [0.2, 0.25) is 0 Å². The van der Waals surface area contributed by atoms with E-state index in [-0.39, 0.29) is 28.9 Å². The Kier molecular flexibility index (Phi) is 4.57. The van der Waals surface area contributed by atoms with E-state index in [1.807, 2.05) is 13.8 Å². The predicted octanol–water partition coefficient (Wildman–Crippen LogP) is 1.20. The Bertz CT molecular complexity index is 740. The molecule has 1 unspecified atom stereocenters. The number of carbonyl (C=O) groups excluding carboxylic acids is 2.